The van der Waals surface area contributed by atoms with Gasteiger partial charge in [-0.15, -0.1) is 0 Å². The maximum Gasteiger partial charge on any atom is 0.320 e. The van der Waals surface area contributed by atoms with E-state index >= 15 is 0 Å². The van der Waals surface area contributed by atoms with Crippen LogP contribution in [0, 0.1) is 0 Å². The third-order valence-electron chi connectivity index (χ3n) is 2.25. The lowest BCUT2D eigenvalue weighted by molar-refractivity contribution is -0.220. The molecule has 0 bridgehead atoms. The molecule has 0 aromatic rings. The van der Waals surface area contributed by atoms with Gasteiger partial charge in [-0.1, -0.05) is 0 Å². The molecule has 14 heavy (non-hydrogen) atoms. The summed E-state index contributed by atoms with van der Waals surface area (Å²) in [6.45, 7) is 5.22. The molecule has 1 aliphatic heterocycles. The van der Waals surface area contributed by atoms with Crippen LogP contribution in [-0.2, 0) is 14.3 Å². The van der Waals surface area contributed by atoms with Gasteiger partial charge in [0, 0.05) is 19.6 Å². The van der Waals surface area contributed by atoms with Gasteiger partial charge in [-0.25, -0.2) is 0 Å². The van der Waals surface area contributed by atoms with Crippen molar-refractivity contribution in [2.24, 2.45) is 0 Å². The number of rotatable bonds is 5. The molecular weight excluding hydrogens is 186 g/mol. The quantitative estimate of drug-likeness (QED) is 0.625. The van der Waals surface area contributed by atoms with Gasteiger partial charge in [-0.3, -0.25) is 10.1 Å². The largest absolute Gasteiger partial charge is 0.480 e. The van der Waals surface area contributed by atoms with E-state index in [1.165, 1.54) is 0 Å². The van der Waals surface area contributed by atoms with Crippen molar-refractivity contribution in [3.8, 4) is 0 Å². The monoisotopic (exact) mass is 203 g/mol. The Kier molecular flexibility index (Phi) is 3.86. The molecule has 0 aliphatic carbocycles. The molecule has 1 rings (SSSR count). The first-order chi connectivity index (χ1) is 6.63. The Bertz CT molecular complexity index is 201. The Hall–Kier alpha value is -0.650. The molecule has 0 unspecified atom stereocenters. The standard InChI is InChI=1S/C9H17NO4/c1-3-13-9(14-4-2)5-7(8(11)12)10-6-9/h7,10H,3-6H2,1-2H3,(H,11,12)/t7-/m0/s1. The molecule has 0 aromatic heterocycles. The Morgan fingerprint density at radius 3 is 2.43 bits per heavy atom. The Labute approximate surface area is 83.4 Å². The van der Waals surface area contributed by atoms with E-state index in [9.17, 15) is 4.79 Å². The van der Waals surface area contributed by atoms with Gasteiger partial charge in [0.05, 0.1) is 6.54 Å². The number of nitrogens with one attached hydrogen (secondary N) is 1. The van der Waals surface area contributed by atoms with Crippen molar-refractivity contribution < 1.29 is 19.4 Å². The van der Waals surface area contributed by atoms with Crippen LogP contribution in [0.25, 0.3) is 0 Å². The number of hydrogen-bond acceptors (Lipinski definition) is 4. The van der Waals surface area contributed by atoms with Crippen LogP contribution >= 0.6 is 0 Å². The van der Waals surface area contributed by atoms with Crippen LogP contribution in [0.2, 0.25) is 0 Å². The van der Waals surface area contributed by atoms with Crippen LogP contribution in [0.3, 0.4) is 0 Å². The molecule has 1 heterocycles. The molecule has 2 N–H and O–H groups in total. The minimum Gasteiger partial charge on any atom is -0.480 e. The summed E-state index contributed by atoms with van der Waals surface area (Å²) in [5.74, 6) is -1.60. The zero-order chi connectivity index (χ0) is 10.6. The SMILES string of the molecule is CCOC1(OCC)CN[C@H](C(=O)O)C1. The van der Waals surface area contributed by atoms with E-state index in [2.05, 4.69) is 5.32 Å². The van der Waals surface area contributed by atoms with Crippen LogP contribution in [-0.4, -0.2) is 42.7 Å². The zero-order valence-electron chi connectivity index (χ0n) is 8.58. The lowest BCUT2D eigenvalue weighted by Crippen LogP contribution is -2.38. The van der Waals surface area contributed by atoms with Crippen molar-refractivity contribution in [1.82, 2.24) is 5.32 Å². The van der Waals surface area contributed by atoms with Gasteiger partial charge < -0.3 is 14.6 Å². The summed E-state index contributed by atoms with van der Waals surface area (Å²) in [6, 6.07) is -0.562. The molecule has 0 aromatic carbocycles. The summed E-state index contributed by atoms with van der Waals surface area (Å²) in [4.78, 5) is 10.7. The molecule has 1 aliphatic rings. The van der Waals surface area contributed by atoms with Gasteiger partial charge in [0.2, 0.25) is 0 Å². The highest BCUT2D eigenvalue weighted by atomic mass is 16.7. The second kappa shape index (κ2) is 4.72. The summed E-state index contributed by atoms with van der Waals surface area (Å²) in [7, 11) is 0. The molecule has 0 radical (unpaired) electrons. The minimum atomic E-state index is -0.855. The van der Waals surface area contributed by atoms with Crippen LogP contribution < -0.4 is 5.32 Å². The van der Waals surface area contributed by atoms with E-state index in [4.69, 9.17) is 14.6 Å². The molecule has 0 saturated carbocycles. The van der Waals surface area contributed by atoms with Gasteiger partial charge in [0.25, 0.3) is 0 Å². The minimum absolute atomic E-state index is 0.365. The first-order valence-electron chi connectivity index (χ1n) is 4.87. The highest BCUT2D eigenvalue weighted by Gasteiger charge is 2.43. The number of carboxylic acid groups (broad SMARTS) is 1. The fourth-order valence-corrected chi connectivity index (χ4v) is 1.70. The van der Waals surface area contributed by atoms with E-state index in [1.807, 2.05) is 13.8 Å². The second-order valence-corrected chi connectivity index (χ2v) is 3.25. The van der Waals surface area contributed by atoms with Gasteiger partial charge in [-0.2, -0.15) is 0 Å². The topological polar surface area (TPSA) is 67.8 Å². The lowest BCUT2D eigenvalue weighted by atomic mass is 10.1. The maximum atomic E-state index is 10.7. The van der Waals surface area contributed by atoms with E-state index < -0.39 is 17.8 Å². The van der Waals surface area contributed by atoms with Gasteiger partial charge in [0.15, 0.2) is 5.79 Å². The highest BCUT2D eigenvalue weighted by molar-refractivity contribution is 5.74. The molecular formula is C9H17NO4. The summed E-state index contributed by atoms with van der Waals surface area (Å²) >= 11 is 0. The second-order valence-electron chi connectivity index (χ2n) is 3.25. The number of carbonyl (C=O) groups is 1. The van der Waals surface area contributed by atoms with E-state index in [1.54, 1.807) is 0 Å². The Balaban J connectivity index is 2.58. The van der Waals surface area contributed by atoms with Gasteiger partial charge in [0.1, 0.15) is 6.04 Å². The van der Waals surface area contributed by atoms with Gasteiger partial charge >= 0.3 is 5.97 Å². The van der Waals surface area contributed by atoms with Gasteiger partial charge in [-0.05, 0) is 13.8 Å². The van der Waals surface area contributed by atoms with E-state index in [0.717, 1.165) is 0 Å². The summed E-state index contributed by atoms with van der Waals surface area (Å²) < 4.78 is 10.9. The number of hydrogen-bond donors (Lipinski definition) is 2. The fourth-order valence-electron chi connectivity index (χ4n) is 1.70. The molecule has 5 heteroatoms. The first kappa shape index (κ1) is 11.4. The fraction of sp³-hybridized carbons (Fsp3) is 0.889. The highest BCUT2D eigenvalue weighted by Crippen LogP contribution is 2.25. The summed E-state index contributed by atoms with van der Waals surface area (Å²) in [6.07, 6.45) is 0.365. The predicted octanol–water partition coefficient (Wildman–Crippen LogP) is 0.202. The smallest absolute Gasteiger partial charge is 0.320 e. The van der Waals surface area contributed by atoms with Crippen LogP contribution in [0.15, 0.2) is 0 Å². The third-order valence-corrected chi connectivity index (χ3v) is 2.25. The van der Waals surface area contributed by atoms with Crippen molar-refractivity contribution in [1.29, 1.82) is 0 Å². The molecule has 1 fully saturated rings. The number of ether oxygens (including phenoxy) is 2. The maximum absolute atomic E-state index is 10.7. The molecule has 0 amide bonds. The summed E-state index contributed by atoms with van der Waals surface area (Å²) in [5, 5.41) is 11.7. The predicted molar refractivity (Wildman–Crippen MR) is 50.0 cm³/mol. The molecule has 82 valence electrons. The normalized spacial score (nSPS) is 25.1. The van der Waals surface area contributed by atoms with Crippen molar-refractivity contribution in [3.63, 3.8) is 0 Å². The first-order valence-corrected chi connectivity index (χ1v) is 4.87. The Morgan fingerprint density at radius 2 is 2.07 bits per heavy atom. The molecule has 5 nitrogen and oxygen atoms in total. The van der Waals surface area contributed by atoms with Crippen molar-refractivity contribution in [3.05, 3.63) is 0 Å². The van der Waals surface area contributed by atoms with Crippen molar-refractivity contribution >= 4 is 5.97 Å². The number of carboxylic acids is 1. The average molecular weight is 203 g/mol. The van der Waals surface area contributed by atoms with E-state index in [-0.39, 0.29) is 0 Å². The average Bonchev–Trinajstić information content (AvgIpc) is 2.51. The van der Waals surface area contributed by atoms with Crippen molar-refractivity contribution in [2.75, 3.05) is 19.8 Å². The Morgan fingerprint density at radius 1 is 1.50 bits per heavy atom. The van der Waals surface area contributed by atoms with E-state index in [0.29, 0.717) is 26.2 Å². The van der Waals surface area contributed by atoms with Crippen LogP contribution in [0.5, 0.6) is 0 Å². The summed E-state index contributed by atoms with van der Waals surface area (Å²) in [5.41, 5.74) is 0. The lowest BCUT2D eigenvalue weighted by Gasteiger charge is -2.27. The third kappa shape index (κ3) is 2.43. The molecule has 1 saturated heterocycles. The zero-order valence-corrected chi connectivity index (χ0v) is 8.58. The molecule has 0 spiro atoms. The van der Waals surface area contributed by atoms with Crippen LogP contribution in [0.4, 0.5) is 0 Å². The van der Waals surface area contributed by atoms with Crippen LogP contribution in [0.1, 0.15) is 20.3 Å². The van der Waals surface area contributed by atoms with Crippen molar-refractivity contribution in [2.45, 2.75) is 32.1 Å². The number of aliphatic carboxylic acids is 1. The molecule has 1 atom stereocenters.